The fraction of sp³-hybridized carbons (Fsp3) is 0.353. The van der Waals surface area contributed by atoms with Crippen molar-refractivity contribution in [2.24, 2.45) is 0 Å². The first-order valence-corrected chi connectivity index (χ1v) is 14.6. The molecule has 176 valence electrons. The lowest BCUT2D eigenvalue weighted by Crippen LogP contribution is -2.70. The van der Waals surface area contributed by atoms with E-state index < -0.39 is 39.2 Å². The third kappa shape index (κ3) is 5.58. The van der Waals surface area contributed by atoms with Gasteiger partial charge in [-0.25, -0.2) is 4.79 Å². The molecule has 1 fully saturated rings. The van der Waals surface area contributed by atoms with Crippen LogP contribution in [-0.2, 0) is 36.7 Å². The number of nitrogens with zero attached hydrogens (tertiary/aromatic N) is 3. The average Bonchev–Trinajstić information content (AvgIpc) is 3.40. The van der Waals surface area contributed by atoms with Crippen LogP contribution in [0.2, 0.25) is 0 Å². The molecule has 2 aliphatic rings. The van der Waals surface area contributed by atoms with Gasteiger partial charge in [-0.1, -0.05) is 29.2 Å². The van der Waals surface area contributed by atoms with Gasteiger partial charge >= 0.3 is 5.97 Å². The number of aromatic nitrogens is 2. The van der Waals surface area contributed by atoms with Crippen LogP contribution in [0.15, 0.2) is 33.1 Å². The van der Waals surface area contributed by atoms with Gasteiger partial charge in [0.2, 0.25) is 5.91 Å². The number of carbonyl (C=O) groups is 3. The fourth-order valence-electron chi connectivity index (χ4n) is 3.25. The van der Waals surface area contributed by atoms with Crippen LogP contribution in [0.1, 0.15) is 9.88 Å². The summed E-state index contributed by atoms with van der Waals surface area (Å²) < 4.78 is 31.2. The van der Waals surface area contributed by atoms with Crippen LogP contribution >= 0.6 is 46.2 Å². The lowest BCUT2D eigenvalue weighted by atomic mass is 10.0. The molecule has 0 bridgehead atoms. The first-order valence-electron chi connectivity index (χ1n) is 9.24. The van der Waals surface area contributed by atoms with Crippen LogP contribution in [0.25, 0.3) is 0 Å². The highest BCUT2D eigenvalue weighted by molar-refractivity contribution is 8.01. The molecule has 3 N–H and O–H groups in total. The zero-order valence-electron chi connectivity index (χ0n) is 16.5. The van der Waals surface area contributed by atoms with E-state index in [1.165, 1.54) is 28.0 Å². The number of hydrogen-bond acceptors (Lipinski definition) is 11. The number of carboxylic acids is 1. The van der Waals surface area contributed by atoms with E-state index in [1.807, 2.05) is 17.5 Å². The lowest BCUT2D eigenvalue weighted by molar-refractivity contribution is -0.150. The Bertz CT molecular complexity index is 1220. The van der Waals surface area contributed by atoms with Gasteiger partial charge in [-0.05, 0) is 17.0 Å². The highest BCUT2D eigenvalue weighted by Gasteiger charge is 2.54. The summed E-state index contributed by atoms with van der Waals surface area (Å²) >= 11 is 4.95. The van der Waals surface area contributed by atoms with Crippen molar-refractivity contribution in [3.8, 4) is 0 Å². The Kier molecular flexibility index (Phi) is 7.11. The number of fused-ring (bicyclic) bond motifs is 1. The summed E-state index contributed by atoms with van der Waals surface area (Å²) in [4.78, 5) is 39.0. The van der Waals surface area contributed by atoms with Gasteiger partial charge in [0.05, 0.1) is 6.42 Å². The molecular formula is C17H16N4O7S5. The van der Waals surface area contributed by atoms with Crippen molar-refractivity contribution in [1.29, 1.82) is 0 Å². The second kappa shape index (κ2) is 9.71. The largest absolute Gasteiger partial charge is 0.477 e. The van der Waals surface area contributed by atoms with Crippen molar-refractivity contribution in [2.45, 2.75) is 27.9 Å². The first kappa shape index (κ1) is 24.2. The van der Waals surface area contributed by atoms with Crippen molar-refractivity contribution in [1.82, 2.24) is 20.4 Å². The van der Waals surface area contributed by atoms with Gasteiger partial charge in [0.25, 0.3) is 16.0 Å². The highest BCUT2D eigenvalue weighted by atomic mass is 32.2. The maximum absolute atomic E-state index is 12.7. The Labute approximate surface area is 204 Å². The summed E-state index contributed by atoms with van der Waals surface area (Å²) in [6.07, 6.45) is 0.157. The summed E-state index contributed by atoms with van der Waals surface area (Å²) in [7, 11) is -4.23. The topological polar surface area (TPSA) is 167 Å². The van der Waals surface area contributed by atoms with E-state index in [0.717, 1.165) is 28.0 Å². The summed E-state index contributed by atoms with van der Waals surface area (Å²) in [6, 6.07) is 2.88. The molecule has 4 heterocycles. The molecule has 2 amide bonds. The van der Waals surface area contributed by atoms with E-state index in [2.05, 4.69) is 15.5 Å². The predicted octanol–water partition coefficient (Wildman–Crippen LogP) is 1.06. The molecular weight excluding hydrogens is 533 g/mol. The minimum absolute atomic E-state index is 0.109. The molecule has 2 aromatic rings. The van der Waals surface area contributed by atoms with Crippen LogP contribution in [0.4, 0.5) is 0 Å². The normalized spacial score (nSPS) is 20.4. The smallest absolute Gasteiger partial charge is 0.352 e. The van der Waals surface area contributed by atoms with Crippen LogP contribution < -0.4 is 5.32 Å². The molecule has 2 atom stereocenters. The maximum atomic E-state index is 12.7. The molecule has 1 unspecified atom stereocenters. The number of nitrogens with one attached hydrogen (secondary N) is 1. The van der Waals surface area contributed by atoms with Crippen LogP contribution in [0.5, 0.6) is 0 Å². The molecule has 4 rings (SSSR count). The summed E-state index contributed by atoms with van der Waals surface area (Å²) in [6.45, 7) is 0. The second-order valence-electron chi connectivity index (χ2n) is 6.95. The highest BCUT2D eigenvalue weighted by Crippen LogP contribution is 2.41. The molecule has 11 nitrogen and oxygen atoms in total. The van der Waals surface area contributed by atoms with E-state index in [4.69, 9.17) is 4.55 Å². The van der Waals surface area contributed by atoms with Gasteiger partial charge in [0, 0.05) is 16.4 Å². The van der Waals surface area contributed by atoms with Crippen LogP contribution in [0.3, 0.4) is 0 Å². The van der Waals surface area contributed by atoms with Crippen molar-refractivity contribution >= 4 is 74.1 Å². The van der Waals surface area contributed by atoms with E-state index >= 15 is 0 Å². The number of amides is 2. The van der Waals surface area contributed by atoms with Crippen LogP contribution in [-0.4, -0.2) is 73.9 Å². The summed E-state index contributed by atoms with van der Waals surface area (Å²) in [5.41, 5.74) is 0.402. The zero-order valence-corrected chi connectivity index (χ0v) is 20.6. The minimum atomic E-state index is -4.23. The molecule has 1 saturated heterocycles. The summed E-state index contributed by atoms with van der Waals surface area (Å²) in [5.74, 6) is -2.10. The van der Waals surface area contributed by atoms with Gasteiger partial charge in [-0.3, -0.25) is 19.0 Å². The van der Waals surface area contributed by atoms with Gasteiger partial charge in [0.1, 0.15) is 27.9 Å². The van der Waals surface area contributed by atoms with Crippen molar-refractivity contribution in [3.63, 3.8) is 0 Å². The number of β-lactam (4-membered cyclic amide) rings is 1. The number of thiophene rings is 1. The second-order valence-corrected chi connectivity index (χ2v) is 12.8. The molecule has 16 heteroatoms. The number of rotatable bonds is 9. The van der Waals surface area contributed by atoms with E-state index in [-0.39, 0.29) is 28.8 Å². The van der Waals surface area contributed by atoms with Crippen molar-refractivity contribution < 1.29 is 32.5 Å². The van der Waals surface area contributed by atoms with Gasteiger partial charge in [-0.15, -0.1) is 33.3 Å². The van der Waals surface area contributed by atoms with Gasteiger partial charge in [0.15, 0.2) is 4.34 Å². The zero-order chi connectivity index (χ0) is 23.8. The van der Waals surface area contributed by atoms with Gasteiger partial charge in [-0.2, -0.15) is 8.42 Å². The maximum Gasteiger partial charge on any atom is 0.352 e. The SMILES string of the molecule is O=C(Cc1cccs1)NC1C(=O)N2C(C(=O)O)=C(CSc3nnc(CS(=O)(=O)O)s3)CS[C@@H]12. The number of carboxylic acid groups (broad SMARTS) is 1. The van der Waals surface area contributed by atoms with E-state index in [1.54, 1.807) is 0 Å². The van der Waals surface area contributed by atoms with Gasteiger partial charge < -0.3 is 10.4 Å². The Balaban J connectivity index is 1.41. The average molecular weight is 549 g/mol. The molecule has 0 saturated carbocycles. The Hall–Kier alpha value is -1.98. The van der Waals surface area contributed by atoms with Crippen LogP contribution in [0, 0.1) is 0 Å². The Morgan fingerprint density at radius 1 is 1.33 bits per heavy atom. The molecule has 0 aliphatic carbocycles. The monoisotopic (exact) mass is 548 g/mol. The number of aliphatic carboxylic acids is 1. The van der Waals surface area contributed by atoms with Crippen molar-refractivity contribution in [3.05, 3.63) is 38.7 Å². The third-order valence-electron chi connectivity index (χ3n) is 4.61. The summed E-state index contributed by atoms with van der Waals surface area (Å²) in [5, 5.41) is 21.5. The number of carbonyl (C=O) groups excluding carboxylic acids is 2. The number of hydrogen-bond donors (Lipinski definition) is 3. The molecule has 0 spiro atoms. The molecule has 33 heavy (non-hydrogen) atoms. The molecule has 0 aromatic carbocycles. The Morgan fingerprint density at radius 3 is 2.79 bits per heavy atom. The van der Waals surface area contributed by atoms with E-state index in [9.17, 15) is 27.9 Å². The third-order valence-corrected chi connectivity index (χ3v) is 9.79. The molecule has 0 radical (unpaired) electrons. The minimum Gasteiger partial charge on any atom is -0.477 e. The molecule has 2 aliphatic heterocycles. The van der Waals surface area contributed by atoms with E-state index in [0.29, 0.717) is 15.7 Å². The van der Waals surface area contributed by atoms with Crippen molar-refractivity contribution in [2.75, 3.05) is 11.5 Å². The molecule has 2 aromatic heterocycles. The standard InChI is InChI=1S/C17H16N4O7S5/c22-10(4-9-2-1-3-29-9)18-12-14(23)21-13(16(24)25)8(5-30-15(12)21)6-31-17-20-19-11(32-17)7-33(26,27)28/h1-3,12,15H,4-7H2,(H,18,22)(H,24,25)(H,26,27,28)/t12?,15-/m0/s1. The lowest BCUT2D eigenvalue weighted by Gasteiger charge is -2.49. The Morgan fingerprint density at radius 2 is 2.12 bits per heavy atom. The quantitative estimate of drug-likeness (QED) is 0.233. The fourth-order valence-corrected chi connectivity index (χ4v) is 8.18. The number of thioether (sulfide) groups is 2. The first-order chi connectivity index (χ1) is 15.6. The predicted molar refractivity (Wildman–Crippen MR) is 124 cm³/mol.